The van der Waals surface area contributed by atoms with Crippen molar-refractivity contribution in [2.45, 2.75) is 20.8 Å². The topological polar surface area (TPSA) is 43.1 Å². The van der Waals surface area contributed by atoms with Gasteiger partial charge in [-0.05, 0) is 23.8 Å². The minimum absolute atomic E-state index is 0.961. The SMILES string of the molecule is CC.Cc1ccnn2nncc12. The molecule has 0 aliphatic rings. The average molecular weight is 164 g/mol. The van der Waals surface area contributed by atoms with E-state index >= 15 is 0 Å². The molecule has 0 N–H and O–H groups in total. The maximum absolute atomic E-state index is 3.95. The first-order valence-electron chi connectivity index (χ1n) is 4.00. The van der Waals surface area contributed by atoms with Crippen LogP contribution in [0.25, 0.3) is 5.52 Å². The van der Waals surface area contributed by atoms with Crippen molar-refractivity contribution in [3.63, 3.8) is 0 Å². The van der Waals surface area contributed by atoms with Gasteiger partial charge in [-0.25, -0.2) is 0 Å². The number of fused-ring (bicyclic) bond motifs is 1. The molecule has 64 valence electrons. The highest BCUT2D eigenvalue weighted by molar-refractivity contribution is 5.49. The third kappa shape index (κ3) is 1.42. The van der Waals surface area contributed by atoms with Crippen molar-refractivity contribution in [1.29, 1.82) is 0 Å². The lowest BCUT2D eigenvalue weighted by molar-refractivity contribution is 0.741. The largest absolute Gasteiger partial charge is 0.157 e. The number of aryl methyl sites for hydroxylation is 1. The number of hydrogen-bond donors (Lipinski definition) is 0. The fourth-order valence-electron chi connectivity index (χ4n) is 0.868. The summed E-state index contributed by atoms with van der Waals surface area (Å²) >= 11 is 0. The Morgan fingerprint density at radius 1 is 1.33 bits per heavy atom. The molecule has 2 rings (SSSR count). The number of hydrogen-bond acceptors (Lipinski definition) is 3. The van der Waals surface area contributed by atoms with Crippen molar-refractivity contribution in [1.82, 2.24) is 20.0 Å². The molecule has 0 aliphatic carbocycles. The Hall–Kier alpha value is -1.45. The number of aromatic nitrogens is 4. The highest BCUT2D eigenvalue weighted by Gasteiger charge is 1.95. The summed E-state index contributed by atoms with van der Waals surface area (Å²) in [5.41, 5.74) is 2.10. The molecule has 0 radical (unpaired) electrons. The van der Waals surface area contributed by atoms with Crippen molar-refractivity contribution in [2.24, 2.45) is 0 Å². The highest BCUT2D eigenvalue weighted by atomic mass is 15.5. The zero-order valence-electron chi connectivity index (χ0n) is 7.52. The van der Waals surface area contributed by atoms with E-state index in [0.717, 1.165) is 11.1 Å². The second-order valence-electron chi connectivity index (χ2n) is 2.12. The molecule has 0 spiro atoms. The monoisotopic (exact) mass is 164 g/mol. The van der Waals surface area contributed by atoms with Crippen LogP contribution in [0.5, 0.6) is 0 Å². The molecule has 2 aromatic rings. The molecule has 0 aromatic carbocycles. The van der Waals surface area contributed by atoms with Crippen LogP contribution in [0.4, 0.5) is 0 Å². The molecule has 0 unspecified atom stereocenters. The Morgan fingerprint density at radius 3 is 2.75 bits per heavy atom. The normalized spacial score (nSPS) is 9.25. The lowest BCUT2D eigenvalue weighted by Gasteiger charge is -1.91. The van der Waals surface area contributed by atoms with Gasteiger partial charge in [-0.1, -0.05) is 13.8 Å². The summed E-state index contributed by atoms with van der Waals surface area (Å²) in [5, 5.41) is 11.4. The van der Waals surface area contributed by atoms with E-state index in [2.05, 4.69) is 15.4 Å². The molecule has 4 nitrogen and oxygen atoms in total. The first-order chi connectivity index (χ1) is 5.88. The summed E-state index contributed by atoms with van der Waals surface area (Å²) in [6.45, 7) is 6.00. The smallest absolute Gasteiger partial charge is 0.111 e. The Morgan fingerprint density at radius 2 is 2.08 bits per heavy atom. The third-order valence-corrected chi connectivity index (χ3v) is 1.44. The third-order valence-electron chi connectivity index (χ3n) is 1.44. The molecule has 0 saturated heterocycles. The van der Waals surface area contributed by atoms with E-state index in [9.17, 15) is 0 Å². The molecule has 4 heteroatoms. The van der Waals surface area contributed by atoms with Crippen LogP contribution >= 0.6 is 0 Å². The van der Waals surface area contributed by atoms with Gasteiger partial charge >= 0.3 is 0 Å². The second kappa shape index (κ2) is 3.80. The first-order valence-corrected chi connectivity index (χ1v) is 4.00. The standard InChI is InChI=1S/C6H6N4.C2H6/c1-5-2-3-8-10-6(5)4-7-9-10;1-2/h2-4H,1H3;1-2H3. The highest BCUT2D eigenvalue weighted by Crippen LogP contribution is 2.02. The summed E-state index contributed by atoms with van der Waals surface area (Å²) in [4.78, 5) is 0. The Bertz CT molecular complexity index is 353. The van der Waals surface area contributed by atoms with Crippen molar-refractivity contribution in [3.05, 3.63) is 24.0 Å². The van der Waals surface area contributed by atoms with E-state index in [1.807, 2.05) is 26.8 Å². The van der Waals surface area contributed by atoms with E-state index in [1.165, 1.54) is 4.63 Å². The molecule has 0 atom stereocenters. The molecule has 12 heavy (non-hydrogen) atoms. The summed E-state index contributed by atoms with van der Waals surface area (Å²) in [7, 11) is 0. The summed E-state index contributed by atoms with van der Waals surface area (Å²) in [5.74, 6) is 0. The van der Waals surface area contributed by atoms with Crippen molar-refractivity contribution in [3.8, 4) is 0 Å². The summed E-state index contributed by atoms with van der Waals surface area (Å²) < 4.78 is 1.51. The van der Waals surface area contributed by atoms with Gasteiger partial charge in [-0.3, -0.25) is 0 Å². The lowest BCUT2D eigenvalue weighted by Crippen LogP contribution is -1.93. The Labute approximate surface area is 71.2 Å². The Balaban J connectivity index is 0.000000336. The van der Waals surface area contributed by atoms with E-state index < -0.39 is 0 Å². The molecule has 0 amide bonds. The second-order valence-corrected chi connectivity index (χ2v) is 2.12. The fraction of sp³-hybridized carbons (Fsp3) is 0.375. The van der Waals surface area contributed by atoms with Crippen LogP contribution < -0.4 is 0 Å². The fourth-order valence-corrected chi connectivity index (χ4v) is 0.868. The minimum atomic E-state index is 0.961. The van der Waals surface area contributed by atoms with Gasteiger partial charge in [0, 0.05) is 6.20 Å². The van der Waals surface area contributed by atoms with Gasteiger partial charge in [0.25, 0.3) is 0 Å². The predicted octanol–water partition coefficient (Wildman–Crippen LogP) is 1.46. The quantitative estimate of drug-likeness (QED) is 0.592. The predicted molar refractivity (Wildman–Crippen MR) is 46.9 cm³/mol. The molecule has 2 heterocycles. The van der Waals surface area contributed by atoms with Crippen LogP contribution in [-0.4, -0.2) is 20.0 Å². The maximum atomic E-state index is 3.95. The van der Waals surface area contributed by atoms with Crippen LogP contribution in [0.3, 0.4) is 0 Å². The number of nitrogens with zero attached hydrogens (tertiary/aromatic N) is 4. The van der Waals surface area contributed by atoms with E-state index in [0.29, 0.717) is 0 Å². The lowest BCUT2D eigenvalue weighted by atomic mass is 10.3. The van der Waals surface area contributed by atoms with Gasteiger partial charge in [0.05, 0.1) is 6.20 Å². The van der Waals surface area contributed by atoms with Crippen molar-refractivity contribution in [2.75, 3.05) is 0 Å². The van der Waals surface area contributed by atoms with Gasteiger partial charge in [-0.15, -0.1) is 9.73 Å². The van der Waals surface area contributed by atoms with E-state index in [-0.39, 0.29) is 0 Å². The molecule has 0 saturated carbocycles. The number of rotatable bonds is 0. The van der Waals surface area contributed by atoms with Crippen LogP contribution in [0.15, 0.2) is 18.5 Å². The van der Waals surface area contributed by atoms with Gasteiger partial charge in [-0.2, -0.15) is 5.10 Å². The molecular weight excluding hydrogens is 152 g/mol. The average Bonchev–Trinajstić information content (AvgIpc) is 2.57. The summed E-state index contributed by atoms with van der Waals surface area (Å²) in [6, 6.07) is 1.93. The van der Waals surface area contributed by atoms with Gasteiger partial charge in [0.2, 0.25) is 0 Å². The van der Waals surface area contributed by atoms with E-state index in [1.54, 1.807) is 12.4 Å². The van der Waals surface area contributed by atoms with Crippen molar-refractivity contribution >= 4 is 5.52 Å². The zero-order valence-corrected chi connectivity index (χ0v) is 7.52. The maximum Gasteiger partial charge on any atom is 0.111 e. The first kappa shape index (κ1) is 8.64. The van der Waals surface area contributed by atoms with E-state index in [4.69, 9.17) is 0 Å². The van der Waals surface area contributed by atoms with Crippen LogP contribution in [0.2, 0.25) is 0 Å². The van der Waals surface area contributed by atoms with Gasteiger partial charge in [0.1, 0.15) is 5.52 Å². The van der Waals surface area contributed by atoms with Gasteiger partial charge < -0.3 is 0 Å². The van der Waals surface area contributed by atoms with Crippen LogP contribution in [0, 0.1) is 6.92 Å². The zero-order chi connectivity index (χ0) is 8.97. The molecule has 0 bridgehead atoms. The minimum Gasteiger partial charge on any atom is -0.157 e. The van der Waals surface area contributed by atoms with Crippen LogP contribution in [0.1, 0.15) is 19.4 Å². The van der Waals surface area contributed by atoms with Crippen molar-refractivity contribution < 1.29 is 0 Å². The molecule has 2 aromatic heterocycles. The van der Waals surface area contributed by atoms with Crippen LogP contribution in [-0.2, 0) is 0 Å². The summed E-state index contributed by atoms with van der Waals surface area (Å²) in [6.07, 6.45) is 3.40. The van der Waals surface area contributed by atoms with Gasteiger partial charge in [0.15, 0.2) is 0 Å². The molecule has 0 aliphatic heterocycles. The molecule has 0 fully saturated rings. The Kier molecular flexibility index (Phi) is 2.74. The molecular formula is C8H12N4.